The predicted octanol–water partition coefficient (Wildman–Crippen LogP) is 1.81. The highest BCUT2D eigenvalue weighted by Crippen LogP contribution is 2.35. The number of hydrogen-bond acceptors (Lipinski definition) is 5. The van der Waals surface area contributed by atoms with Crippen molar-refractivity contribution in [3.05, 3.63) is 23.8 Å². The zero-order valence-electron chi connectivity index (χ0n) is 13.2. The van der Waals surface area contributed by atoms with Crippen molar-refractivity contribution in [3.8, 4) is 11.5 Å². The monoisotopic (exact) mass is 294 g/mol. The summed E-state index contributed by atoms with van der Waals surface area (Å²) in [7, 11) is 3.30. The molecule has 0 aromatic heterocycles. The number of morpholine rings is 1. The molecule has 1 aliphatic rings. The van der Waals surface area contributed by atoms with Gasteiger partial charge in [-0.25, -0.2) is 0 Å². The van der Waals surface area contributed by atoms with Crippen molar-refractivity contribution >= 4 is 0 Å². The third-order valence-corrected chi connectivity index (χ3v) is 3.95. The molecule has 1 aromatic carbocycles. The number of benzene rings is 1. The van der Waals surface area contributed by atoms with Crippen molar-refractivity contribution in [1.82, 2.24) is 4.90 Å². The molecule has 1 fully saturated rings. The van der Waals surface area contributed by atoms with E-state index >= 15 is 0 Å². The van der Waals surface area contributed by atoms with Crippen LogP contribution < -0.4 is 15.2 Å². The molecule has 0 bridgehead atoms. The van der Waals surface area contributed by atoms with E-state index in [-0.39, 0.29) is 12.1 Å². The maximum absolute atomic E-state index is 5.91. The molecule has 0 radical (unpaired) electrons. The van der Waals surface area contributed by atoms with E-state index in [9.17, 15) is 0 Å². The number of ether oxygens (including phenoxy) is 3. The number of methoxy groups -OCH3 is 2. The van der Waals surface area contributed by atoms with Gasteiger partial charge >= 0.3 is 0 Å². The summed E-state index contributed by atoms with van der Waals surface area (Å²) in [4.78, 5) is 2.45. The molecule has 2 atom stereocenters. The molecule has 118 valence electrons. The third-order valence-electron chi connectivity index (χ3n) is 3.95. The first-order chi connectivity index (χ1) is 10.2. The Labute approximate surface area is 127 Å². The number of nitrogens with two attached hydrogens (primary N) is 1. The van der Waals surface area contributed by atoms with Gasteiger partial charge in [-0.15, -0.1) is 0 Å². The lowest BCUT2D eigenvalue weighted by Crippen LogP contribution is -2.48. The van der Waals surface area contributed by atoms with Gasteiger partial charge < -0.3 is 19.9 Å². The Kier molecular flexibility index (Phi) is 5.85. The van der Waals surface area contributed by atoms with Gasteiger partial charge in [0.1, 0.15) is 0 Å². The highest BCUT2D eigenvalue weighted by atomic mass is 16.5. The molecule has 5 nitrogen and oxygen atoms in total. The molecular weight excluding hydrogens is 268 g/mol. The average molecular weight is 294 g/mol. The van der Waals surface area contributed by atoms with Gasteiger partial charge in [0.05, 0.1) is 33.0 Å². The van der Waals surface area contributed by atoms with Crippen LogP contribution in [0, 0.1) is 0 Å². The molecule has 1 aromatic rings. The van der Waals surface area contributed by atoms with Crippen molar-refractivity contribution in [1.29, 1.82) is 0 Å². The quantitative estimate of drug-likeness (QED) is 0.867. The van der Waals surface area contributed by atoms with E-state index in [0.29, 0.717) is 6.54 Å². The Hall–Kier alpha value is -1.30. The Morgan fingerprint density at radius 2 is 2.05 bits per heavy atom. The third kappa shape index (κ3) is 3.48. The van der Waals surface area contributed by atoms with E-state index in [0.717, 1.165) is 43.2 Å². The Morgan fingerprint density at radius 3 is 2.67 bits per heavy atom. The fraction of sp³-hybridized carbons (Fsp3) is 0.625. The van der Waals surface area contributed by atoms with Crippen LogP contribution in [0.1, 0.15) is 24.9 Å². The molecule has 0 spiro atoms. The van der Waals surface area contributed by atoms with E-state index < -0.39 is 0 Å². The van der Waals surface area contributed by atoms with Crippen molar-refractivity contribution < 1.29 is 14.2 Å². The molecule has 5 heteroatoms. The van der Waals surface area contributed by atoms with Gasteiger partial charge in [-0.05, 0) is 30.7 Å². The summed E-state index contributed by atoms with van der Waals surface area (Å²) in [6.45, 7) is 5.42. The highest BCUT2D eigenvalue weighted by Gasteiger charge is 2.32. The summed E-state index contributed by atoms with van der Waals surface area (Å²) >= 11 is 0. The molecule has 2 N–H and O–H groups in total. The minimum atomic E-state index is 0.0170. The summed E-state index contributed by atoms with van der Waals surface area (Å²) in [5, 5.41) is 0. The minimum Gasteiger partial charge on any atom is -0.493 e. The van der Waals surface area contributed by atoms with E-state index in [1.165, 1.54) is 0 Å². The van der Waals surface area contributed by atoms with Gasteiger partial charge in [0.15, 0.2) is 11.5 Å². The number of hydrogen-bond donors (Lipinski definition) is 1. The molecule has 0 saturated carbocycles. The van der Waals surface area contributed by atoms with Gasteiger partial charge in [-0.1, -0.05) is 13.0 Å². The smallest absolute Gasteiger partial charge is 0.161 e. The maximum Gasteiger partial charge on any atom is 0.161 e. The fourth-order valence-corrected chi connectivity index (χ4v) is 2.98. The largest absolute Gasteiger partial charge is 0.493 e. The number of nitrogens with zero attached hydrogens (tertiary/aromatic N) is 1. The molecular formula is C16H26N2O3. The lowest BCUT2D eigenvalue weighted by atomic mass is 9.97. The standard InChI is InChI=1S/C16H26N2O3/c1-4-7-18-8-9-21-15(11-17)16(18)12-5-6-13(19-2)14(10-12)20-3/h5-6,10,15-16H,4,7-9,11,17H2,1-3H3. The lowest BCUT2D eigenvalue weighted by Gasteiger charge is -2.41. The summed E-state index contributed by atoms with van der Waals surface area (Å²) in [5.41, 5.74) is 7.07. The van der Waals surface area contributed by atoms with Gasteiger partial charge in [0.2, 0.25) is 0 Å². The molecule has 0 amide bonds. The topological polar surface area (TPSA) is 57.0 Å². The van der Waals surface area contributed by atoms with Gasteiger partial charge in [-0.3, -0.25) is 4.90 Å². The second-order valence-corrected chi connectivity index (χ2v) is 5.24. The molecule has 1 saturated heterocycles. The van der Waals surface area contributed by atoms with Crippen molar-refractivity contribution in [3.63, 3.8) is 0 Å². The van der Waals surface area contributed by atoms with Crippen molar-refractivity contribution in [2.45, 2.75) is 25.5 Å². The van der Waals surface area contributed by atoms with Crippen LogP contribution >= 0.6 is 0 Å². The molecule has 2 rings (SSSR count). The first-order valence-corrected chi connectivity index (χ1v) is 7.52. The lowest BCUT2D eigenvalue weighted by molar-refractivity contribution is -0.0676. The first kappa shape index (κ1) is 16.1. The molecule has 21 heavy (non-hydrogen) atoms. The molecule has 2 unspecified atom stereocenters. The minimum absolute atomic E-state index is 0.0170. The van der Waals surface area contributed by atoms with Crippen molar-refractivity contribution in [2.24, 2.45) is 5.73 Å². The molecule has 1 heterocycles. The second-order valence-electron chi connectivity index (χ2n) is 5.24. The maximum atomic E-state index is 5.91. The van der Waals surface area contributed by atoms with E-state index in [1.54, 1.807) is 14.2 Å². The van der Waals surface area contributed by atoms with Crippen LogP contribution in [0.25, 0.3) is 0 Å². The summed E-state index contributed by atoms with van der Waals surface area (Å²) in [6.07, 6.45) is 1.13. The van der Waals surface area contributed by atoms with E-state index in [4.69, 9.17) is 19.9 Å². The van der Waals surface area contributed by atoms with Crippen LogP contribution in [0.3, 0.4) is 0 Å². The summed E-state index contributed by atoms with van der Waals surface area (Å²) in [5.74, 6) is 1.48. The second kappa shape index (κ2) is 7.64. The molecule has 0 aliphatic carbocycles. The van der Waals surface area contributed by atoms with Crippen LogP contribution in [0.4, 0.5) is 0 Å². The zero-order chi connectivity index (χ0) is 15.2. The Balaban J connectivity index is 2.33. The number of rotatable bonds is 6. The Morgan fingerprint density at radius 1 is 1.29 bits per heavy atom. The fourth-order valence-electron chi connectivity index (χ4n) is 2.98. The zero-order valence-corrected chi connectivity index (χ0v) is 13.2. The summed E-state index contributed by atoms with van der Waals surface area (Å²) < 4.78 is 16.6. The van der Waals surface area contributed by atoms with Gasteiger partial charge in [0.25, 0.3) is 0 Å². The molecule has 1 aliphatic heterocycles. The van der Waals surface area contributed by atoms with Crippen LogP contribution in [-0.2, 0) is 4.74 Å². The normalized spacial score (nSPS) is 23.0. The van der Waals surface area contributed by atoms with Crippen LogP contribution in [0.2, 0.25) is 0 Å². The van der Waals surface area contributed by atoms with Crippen LogP contribution in [0.5, 0.6) is 11.5 Å². The van der Waals surface area contributed by atoms with Crippen LogP contribution in [-0.4, -0.2) is 51.5 Å². The predicted molar refractivity (Wildman–Crippen MR) is 82.9 cm³/mol. The van der Waals surface area contributed by atoms with Gasteiger partial charge in [0, 0.05) is 13.1 Å². The summed E-state index contributed by atoms with van der Waals surface area (Å²) in [6, 6.07) is 6.22. The highest BCUT2D eigenvalue weighted by molar-refractivity contribution is 5.44. The van der Waals surface area contributed by atoms with Gasteiger partial charge in [-0.2, -0.15) is 0 Å². The SMILES string of the molecule is CCCN1CCOC(CN)C1c1ccc(OC)c(OC)c1. The first-order valence-electron chi connectivity index (χ1n) is 7.52. The van der Waals surface area contributed by atoms with E-state index in [2.05, 4.69) is 17.9 Å². The Bertz CT molecular complexity index is 451. The van der Waals surface area contributed by atoms with Crippen LogP contribution in [0.15, 0.2) is 18.2 Å². The average Bonchev–Trinajstić information content (AvgIpc) is 2.54. The van der Waals surface area contributed by atoms with Crippen molar-refractivity contribution in [2.75, 3.05) is 40.5 Å². The van der Waals surface area contributed by atoms with E-state index in [1.807, 2.05) is 12.1 Å².